The summed E-state index contributed by atoms with van der Waals surface area (Å²) < 4.78 is 0. The summed E-state index contributed by atoms with van der Waals surface area (Å²) in [4.78, 5) is 9.65. The maximum Gasteiger partial charge on any atom is 0.122 e. The molecule has 0 radical (unpaired) electrons. The Kier molecular flexibility index (Phi) is 3.39. The van der Waals surface area contributed by atoms with Crippen molar-refractivity contribution >= 4 is 6.29 Å². The number of carbonyl (C=O) groups excluding carboxylic acids is 1. The summed E-state index contributed by atoms with van der Waals surface area (Å²) in [6, 6.07) is 0. The van der Waals surface area contributed by atoms with Crippen molar-refractivity contribution in [2.75, 3.05) is 0 Å². The first-order chi connectivity index (χ1) is 3.68. The van der Waals surface area contributed by atoms with Crippen LogP contribution in [0.5, 0.6) is 0 Å². The Morgan fingerprint density at radius 3 is 2.25 bits per heavy atom. The molecule has 2 N–H and O–H groups in total. The van der Waals surface area contributed by atoms with Gasteiger partial charge in [-0.3, -0.25) is 0 Å². The van der Waals surface area contributed by atoms with Crippen molar-refractivity contribution in [1.29, 1.82) is 0 Å². The average molecular weight is 118 g/mol. The zero-order valence-electron chi connectivity index (χ0n) is 4.74. The van der Waals surface area contributed by atoms with Gasteiger partial charge < -0.3 is 15.0 Å². The highest BCUT2D eigenvalue weighted by Gasteiger charge is 2.08. The Balaban J connectivity index is 3.30. The van der Waals surface area contributed by atoms with Crippen molar-refractivity contribution in [2.24, 2.45) is 0 Å². The first kappa shape index (κ1) is 7.59. The molecule has 0 amide bonds. The fourth-order valence-corrected chi connectivity index (χ4v) is 0.296. The molecule has 0 bridgehead atoms. The monoisotopic (exact) mass is 118 g/mol. The summed E-state index contributed by atoms with van der Waals surface area (Å²) >= 11 is 0. The lowest BCUT2D eigenvalue weighted by Gasteiger charge is -2.07. The van der Waals surface area contributed by atoms with E-state index in [2.05, 4.69) is 0 Å². The number of hydrogen-bond acceptors (Lipinski definition) is 3. The van der Waals surface area contributed by atoms with Crippen molar-refractivity contribution in [2.45, 2.75) is 25.6 Å². The lowest BCUT2D eigenvalue weighted by molar-refractivity contribution is -0.111. The maximum absolute atomic E-state index is 9.65. The van der Waals surface area contributed by atoms with Gasteiger partial charge in [0.25, 0.3) is 0 Å². The predicted octanol–water partition coefficient (Wildman–Crippen LogP) is -0.683. The summed E-state index contributed by atoms with van der Waals surface area (Å²) in [5.74, 6) is 0. The van der Waals surface area contributed by atoms with Crippen molar-refractivity contribution in [3.63, 3.8) is 0 Å². The van der Waals surface area contributed by atoms with Crippen LogP contribution in [0.1, 0.15) is 13.3 Å². The van der Waals surface area contributed by atoms with Crippen LogP contribution in [0.3, 0.4) is 0 Å². The zero-order valence-corrected chi connectivity index (χ0v) is 4.74. The molecule has 0 aliphatic carbocycles. The van der Waals surface area contributed by atoms with Crippen molar-refractivity contribution in [3.05, 3.63) is 0 Å². The van der Waals surface area contributed by atoms with Crippen LogP contribution < -0.4 is 0 Å². The first-order valence-electron chi connectivity index (χ1n) is 2.48. The number of rotatable bonds is 3. The van der Waals surface area contributed by atoms with Crippen LogP contribution in [0.2, 0.25) is 0 Å². The first-order valence-corrected chi connectivity index (χ1v) is 2.48. The van der Waals surface area contributed by atoms with Gasteiger partial charge in [0.15, 0.2) is 0 Å². The largest absolute Gasteiger partial charge is 0.391 e. The van der Waals surface area contributed by atoms with Crippen LogP contribution >= 0.6 is 0 Å². The molecule has 3 nitrogen and oxygen atoms in total. The molecule has 0 aliphatic heterocycles. The molecular formula is C5H10O3. The van der Waals surface area contributed by atoms with Crippen LogP contribution in [0.4, 0.5) is 0 Å². The van der Waals surface area contributed by atoms with Crippen LogP contribution in [0.25, 0.3) is 0 Å². The smallest absolute Gasteiger partial charge is 0.122 e. The predicted molar refractivity (Wildman–Crippen MR) is 28.4 cm³/mol. The van der Waals surface area contributed by atoms with Gasteiger partial charge in [-0.25, -0.2) is 0 Å². The van der Waals surface area contributed by atoms with Crippen LogP contribution in [0.15, 0.2) is 0 Å². The highest BCUT2D eigenvalue weighted by atomic mass is 16.3. The van der Waals surface area contributed by atoms with Crippen molar-refractivity contribution in [1.82, 2.24) is 0 Å². The number of aldehydes is 1. The highest BCUT2D eigenvalue weighted by Crippen LogP contribution is 1.93. The van der Waals surface area contributed by atoms with E-state index in [-0.39, 0.29) is 6.42 Å². The molecule has 0 aromatic rings. The van der Waals surface area contributed by atoms with Crippen LogP contribution in [0, 0.1) is 0 Å². The fourth-order valence-electron chi connectivity index (χ4n) is 0.296. The third kappa shape index (κ3) is 2.71. The molecule has 2 atom stereocenters. The average Bonchev–Trinajstić information content (AvgIpc) is 1.67. The Morgan fingerprint density at radius 2 is 2.12 bits per heavy atom. The van der Waals surface area contributed by atoms with Gasteiger partial charge in [0.1, 0.15) is 6.29 Å². The Bertz CT molecular complexity index is 70.1. The van der Waals surface area contributed by atoms with Gasteiger partial charge in [0.2, 0.25) is 0 Å². The minimum absolute atomic E-state index is 0.0116. The van der Waals surface area contributed by atoms with E-state index in [9.17, 15) is 4.79 Å². The van der Waals surface area contributed by atoms with Crippen molar-refractivity contribution < 1.29 is 15.0 Å². The van der Waals surface area contributed by atoms with Crippen LogP contribution in [-0.2, 0) is 4.79 Å². The summed E-state index contributed by atoms with van der Waals surface area (Å²) in [7, 11) is 0. The molecule has 0 saturated heterocycles. The van der Waals surface area contributed by atoms with Crippen molar-refractivity contribution in [3.8, 4) is 0 Å². The molecule has 0 unspecified atom stereocenters. The lowest BCUT2D eigenvalue weighted by Crippen LogP contribution is -2.22. The van der Waals surface area contributed by atoms with Gasteiger partial charge in [0.05, 0.1) is 12.2 Å². The van der Waals surface area contributed by atoms with E-state index in [1.807, 2.05) is 0 Å². The molecule has 0 heterocycles. The van der Waals surface area contributed by atoms with Gasteiger partial charge in [-0.1, -0.05) is 0 Å². The summed E-state index contributed by atoms with van der Waals surface area (Å²) in [5, 5.41) is 17.2. The highest BCUT2D eigenvalue weighted by molar-refractivity contribution is 5.50. The molecule has 0 aliphatic rings. The molecule has 0 saturated carbocycles. The Morgan fingerprint density at radius 1 is 1.62 bits per heavy atom. The third-order valence-electron chi connectivity index (χ3n) is 0.895. The molecule has 3 heteroatoms. The van der Waals surface area contributed by atoms with Gasteiger partial charge >= 0.3 is 0 Å². The number of aliphatic hydroxyl groups is 2. The summed E-state index contributed by atoms with van der Waals surface area (Å²) in [6.07, 6.45) is -1.11. The number of aliphatic hydroxyl groups excluding tert-OH is 2. The SMILES string of the molecule is C[C@@H](O)[C@@H](O)CC=O. The third-order valence-corrected chi connectivity index (χ3v) is 0.895. The molecule has 0 fully saturated rings. The molecule has 48 valence electrons. The summed E-state index contributed by atoms with van der Waals surface area (Å²) in [5.41, 5.74) is 0. The minimum atomic E-state index is -0.896. The minimum Gasteiger partial charge on any atom is -0.391 e. The molecule has 8 heavy (non-hydrogen) atoms. The van der Waals surface area contributed by atoms with Gasteiger partial charge in [0, 0.05) is 6.42 Å². The second-order valence-electron chi connectivity index (χ2n) is 1.71. The van der Waals surface area contributed by atoms with E-state index in [0.29, 0.717) is 6.29 Å². The second kappa shape index (κ2) is 3.57. The Labute approximate surface area is 47.9 Å². The lowest BCUT2D eigenvalue weighted by atomic mass is 10.2. The molecule has 0 aromatic heterocycles. The van der Waals surface area contributed by atoms with E-state index < -0.39 is 12.2 Å². The van der Waals surface area contributed by atoms with E-state index in [1.165, 1.54) is 6.92 Å². The normalized spacial score (nSPS) is 17.4. The van der Waals surface area contributed by atoms with Crippen LogP contribution in [-0.4, -0.2) is 28.7 Å². The van der Waals surface area contributed by atoms with E-state index in [1.54, 1.807) is 0 Å². The van der Waals surface area contributed by atoms with E-state index in [4.69, 9.17) is 10.2 Å². The topological polar surface area (TPSA) is 57.5 Å². The Hall–Kier alpha value is -0.410. The molecule has 0 spiro atoms. The number of carbonyl (C=O) groups is 1. The van der Waals surface area contributed by atoms with Gasteiger partial charge in [-0.15, -0.1) is 0 Å². The molecule has 0 rings (SSSR count). The second-order valence-corrected chi connectivity index (χ2v) is 1.71. The van der Waals surface area contributed by atoms with E-state index in [0.717, 1.165) is 0 Å². The van der Waals surface area contributed by atoms with Gasteiger partial charge in [-0.05, 0) is 6.92 Å². The zero-order chi connectivity index (χ0) is 6.57. The fraction of sp³-hybridized carbons (Fsp3) is 0.800. The molecule has 0 aromatic carbocycles. The van der Waals surface area contributed by atoms with Gasteiger partial charge in [-0.2, -0.15) is 0 Å². The van der Waals surface area contributed by atoms with E-state index >= 15 is 0 Å². The maximum atomic E-state index is 9.65. The molecular weight excluding hydrogens is 108 g/mol. The quantitative estimate of drug-likeness (QED) is 0.482. The summed E-state index contributed by atoms with van der Waals surface area (Å²) in [6.45, 7) is 1.44. The standard InChI is InChI=1S/C5H10O3/c1-4(7)5(8)2-3-6/h3-5,7-8H,2H2,1H3/t4-,5+/m1/s1. The number of hydrogen-bond donors (Lipinski definition) is 2.